The van der Waals surface area contributed by atoms with Crippen molar-refractivity contribution < 1.29 is 0 Å². The smallest absolute Gasteiger partial charge is 0.00328 e. The first kappa shape index (κ1) is 19.4. The highest BCUT2D eigenvalue weighted by Gasteiger charge is 2.08. The molecular formula is C30H24. The average molecular weight is 385 g/mol. The lowest BCUT2D eigenvalue weighted by Gasteiger charge is -2.12. The van der Waals surface area contributed by atoms with Crippen molar-refractivity contribution in [3.05, 3.63) is 145 Å². The number of hydrogen-bond acceptors (Lipinski definition) is 0. The van der Waals surface area contributed by atoms with E-state index in [9.17, 15) is 0 Å². The molecule has 0 heterocycles. The number of allylic oxidation sites excluding steroid dienone is 6. The number of rotatable bonds is 6. The molecule has 0 radical (unpaired) electrons. The molecule has 0 aliphatic heterocycles. The van der Waals surface area contributed by atoms with Crippen molar-refractivity contribution in [2.45, 2.75) is 0 Å². The van der Waals surface area contributed by atoms with Gasteiger partial charge in [0.05, 0.1) is 0 Å². The van der Waals surface area contributed by atoms with E-state index >= 15 is 0 Å². The van der Waals surface area contributed by atoms with Gasteiger partial charge in [-0.1, -0.05) is 123 Å². The van der Waals surface area contributed by atoms with E-state index in [2.05, 4.69) is 86.5 Å². The third kappa shape index (κ3) is 4.09. The van der Waals surface area contributed by atoms with Crippen LogP contribution in [0.3, 0.4) is 0 Å². The second-order valence-corrected chi connectivity index (χ2v) is 7.35. The van der Waals surface area contributed by atoms with Crippen LogP contribution in [0.25, 0.3) is 33.2 Å². The standard InChI is InChI=1S/C30H24/c1-22(23(2)19-20-25-11-5-4-6-12-25)17-18-24(3)30-28-15-9-7-13-26(28)21-27-14-8-10-16-29(27)30/h4-21H,1-3H2. The molecule has 4 aromatic carbocycles. The Morgan fingerprint density at radius 1 is 0.567 bits per heavy atom. The Bertz CT molecular complexity index is 1260. The minimum absolute atomic E-state index is 0.868. The van der Waals surface area contributed by atoms with Crippen molar-refractivity contribution in [3.63, 3.8) is 0 Å². The van der Waals surface area contributed by atoms with Crippen LogP contribution >= 0.6 is 0 Å². The third-order valence-corrected chi connectivity index (χ3v) is 5.27. The van der Waals surface area contributed by atoms with Gasteiger partial charge in [-0.25, -0.2) is 0 Å². The van der Waals surface area contributed by atoms with Crippen LogP contribution in [0, 0.1) is 0 Å². The minimum Gasteiger partial charge on any atom is -0.0912 e. The summed E-state index contributed by atoms with van der Waals surface area (Å²) in [7, 11) is 0. The van der Waals surface area contributed by atoms with Gasteiger partial charge in [0.1, 0.15) is 0 Å². The Labute approximate surface area is 178 Å². The van der Waals surface area contributed by atoms with Gasteiger partial charge in [-0.3, -0.25) is 0 Å². The second-order valence-electron chi connectivity index (χ2n) is 7.35. The van der Waals surface area contributed by atoms with Gasteiger partial charge in [0.25, 0.3) is 0 Å². The van der Waals surface area contributed by atoms with Crippen LogP contribution in [0.4, 0.5) is 0 Å². The molecule has 4 aromatic rings. The van der Waals surface area contributed by atoms with Gasteiger partial charge in [-0.2, -0.15) is 0 Å². The molecule has 0 aromatic heterocycles. The van der Waals surface area contributed by atoms with Crippen molar-refractivity contribution in [2.24, 2.45) is 0 Å². The lowest BCUT2D eigenvalue weighted by Crippen LogP contribution is -1.88. The van der Waals surface area contributed by atoms with E-state index in [0.717, 1.165) is 27.8 Å². The molecule has 0 saturated carbocycles. The third-order valence-electron chi connectivity index (χ3n) is 5.27. The maximum Gasteiger partial charge on any atom is -0.00328 e. The van der Waals surface area contributed by atoms with Crippen molar-refractivity contribution in [3.8, 4) is 0 Å². The fourth-order valence-corrected chi connectivity index (χ4v) is 3.62. The van der Waals surface area contributed by atoms with Crippen LogP contribution in [0.1, 0.15) is 11.1 Å². The summed E-state index contributed by atoms with van der Waals surface area (Å²) in [4.78, 5) is 0. The molecule has 0 unspecified atom stereocenters. The normalized spacial score (nSPS) is 11.5. The highest BCUT2D eigenvalue weighted by molar-refractivity contribution is 6.10. The van der Waals surface area contributed by atoms with Gasteiger partial charge in [0, 0.05) is 0 Å². The first-order valence-electron chi connectivity index (χ1n) is 10.0. The topological polar surface area (TPSA) is 0 Å². The maximum absolute atomic E-state index is 4.37. The summed E-state index contributed by atoms with van der Waals surface area (Å²) in [6, 6.07) is 29.3. The van der Waals surface area contributed by atoms with Crippen LogP contribution in [-0.2, 0) is 0 Å². The summed E-state index contributed by atoms with van der Waals surface area (Å²) in [5.41, 5.74) is 5.02. The van der Waals surface area contributed by atoms with Crippen LogP contribution < -0.4 is 0 Å². The van der Waals surface area contributed by atoms with Crippen molar-refractivity contribution >= 4 is 33.2 Å². The molecule has 4 rings (SSSR count). The zero-order valence-electron chi connectivity index (χ0n) is 17.0. The number of fused-ring (bicyclic) bond motifs is 2. The Kier molecular flexibility index (Phi) is 5.59. The van der Waals surface area contributed by atoms with E-state index in [-0.39, 0.29) is 0 Å². The molecule has 0 heteroatoms. The minimum atomic E-state index is 0.868. The van der Waals surface area contributed by atoms with Gasteiger partial charge in [0.15, 0.2) is 0 Å². The molecule has 0 nitrogen and oxygen atoms in total. The van der Waals surface area contributed by atoms with Crippen molar-refractivity contribution in [1.29, 1.82) is 0 Å². The zero-order chi connectivity index (χ0) is 20.9. The van der Waals surface area contributed by atoms with Crippen molar-refractivity contribution in [1.82, 2.24) is 0 Å². The van der Waals surface area contributed by atoms with E-state index in [1.807, 2.05) is 42.5 Å². The van der Waals surface area contributed by atoms with Gasteiger partial charge in [-0.15, -0.1) is 0 Å². The Balaban J connectivity index is 1.62. The summed E-state index contributed by atoms with van der Waals surface area (Å²) in [6.07, 6.45) is 8.08. The summed E-state index contributed by atoms with van der Waals surface area (Å²) >= 11 is 0. The molecule has 0 aliphatic carbocycles. The fourth-order valence-electron chi connectivity index (χ4n) is 3.62. The highest BCUT2D eigenvalue weighted by atomic mass is 14.1. The van der Waals surface area contributed by atoms with Crippen LogP contribution in [-0.4, -0.2) is 0 Å². The predicted octanol–water partition coefficient (Wildman–Crippen LogP) is 8.39. The molecule has 0 bridgehead atoms. The first-order valence-corrected chi connectivity index (χ1v) is 10.0. The average Bonchev–Trinajstić information content (AvgIpc) is 2.79. The molecule has 30 heavy (non-hydrogen) atoms. The quantitative estimate of drug-likeness (QED) is 0.231. The van der Waals surface area contributed by atoms with Crippen molar-refractivity contribution in [2.75, 3.05) is 0 Å². The molecule has 0 spiro atoms. The van der Waals surface area contributed by atoms with Gasteiger partial charge < -0.3 is 0 Å². The summed E-state index contributed by atoms with van der Waals surface area (Å²) in [5.74, 6) is 0. The molecule has 0 atom stereocenters. The van der Waals surface area contributed by atoms with Crippen LogP contribution in [0.15, 0.2) is 134 Å². The summed E-state index contributed by atoms with van der Waals surface area (Å²) < 4.78 is 0. The molecule has 0 N–H and O–H groups in total. The lowest BCUT2D eigenvalue weighted by molar-refractivity contribution is 1.60. The van der Waals surface area contributed by atoms with E-state index in [4.69, 9.17) is 0 Å². The largest absolute Gasteiger partial charge is 0.0912 e. The predicted molar refractivity (Wildman–Crippen MR) is 133 cm³/mol. The Morgan fingerprint density at radius 3 is 1.73 bits per heavy atom. The molecule has 144 valence electrons. The highest BCUT2D eigenvalue weighted by Crippen LogP contribution is 2.33. The molecular weight excluding hydrogens is 360 g/mol. The molecule has 0 fully saturated rings. The molecule has 0 amide bonds. The number of hydrogen-bond donors (Lipinski definition) is 0. The monoisotopic (exact) mass is 384 g/mol. The van der Waals surface area contributed by atoms with Gasteiger partial charge in [0.2, 0.25) is 0 Å². The second kappa shape index (κ2) is 8.63. The zero-order valence-corrected chi connectivity index (χ0v) is 17.0. The SMILES string of the molecule is C=C(C=CC(=C)c1c2ccccc2cc2ccccc12)C(=C)C=Cc1ccccc1. The lowest BCUT2D eigenvalue weighted by atomic mass is 9.92. The van der Waals surface area contributed by atoms with Crippen LogP contribution in [0.2, 0.25) is 0 Å². The molecule has 0 saturated heterocycles. The fraction of sp³-hybridized carbons (Fsp3) is 0. The summed E-state index contributed by atoms with van der Waals surface area (Å²) in [5, 5.41) is 4.85. The molecule has 0 aliphatic rings. The van der Waals surface area contributed by atoms with E-state index in [0.29, 0.717) is 0 Å². The van der Waals surface area contributed by atoms with Gasteiger partial charge >= 0.3 is 0 Å². The van der Waals surface area contributed by atoms with Crippen LogP contribution in [0.5, 0.6) is 0 Å². The Hall–Kier alpha value is -3.90. The summed E-state index contributed by atoms with van der Waals surface area (Å²) in [6.45, 7) is 12.7. The first-order chi connectivity index (χ1) is 14.6. The maximum atomic E-state index is 4.37. The number of benzene rings is 4. The van der Waals surface area contributed by atoms with E-state index in [1.165, 1.54) is 21.5 Å². The van der Waals surface area contributed by atoms with E-state index < -0.39 is 0 Å². The Morgan fingerprint density at radius 2 is 1.10 bits per heavy atom. The van der Waals surface area contributed by atoms with Gasteiger partial charge in [-0.05, 0) is 55.5 Å². The van der Waals surface area contributed by atoms with E-state index in [1.54, 1.807) is 0 Å².